The third-order valence-electron chi connectivity index (χ3n) is 2.67. The Hall–Kier alpha value is -2.21. The smallest absolute Gasteiger partial charge is 0.354 e. The number of carboxylic acid groups (broad SMARTS) is 1. The van der Waals surface area contributed by atoms with Gasteiger partial charge in [-0.15, -0.1) is 11.3 Å². The van der Waals surface area contributed by atoms with Gasteiger partial charge in [-0.25, -0.2) is 9.78 Å². The van der Waals surface area contributed by atoms with Gasteiger partial charge in [0.15, 0.2) is 0 Å². The van der Waals surface area contributed by atoms with Crippen LogP contribution in [-0.2, 0) is 11.2 Å². The summed E-state index contributed by atoms with van der Waals surface area (Å²) >= 11 is 1.68. The van der Waals surface area contributed by atoms with Crippen molar-refractivity contribution in [3.63, 3.8) is 0 Å². The zero-order chi connectivity index (χ0) is 14.4. The second kappa shape index (κ2) is 6.81. The lowest BCUT2D eigenvalue weighted by Crippen LogP contribution is -2.12. The van der Waals surface area contributed by atoms with Gasteiger partial charge in [-0.3, -0.25) is 4.79 Å². The van der Waals surface area contributed by atoms with Crippen LogP contribution in [0.15, 0.2) is 35.8 Å². The fourth-order valence-electron chi connectivity index (χ4n) is 1.73. The van der Waals surface area contributed by atoms with Crippen molar-refractivity contribution < 1.29 is 14.7 Å². The first kappa shape index (κ1) is 14.2. The summed E-state index contributed by atoms with van der Waals surface area (Å²) in [5.74, 6) is -1.23. The molecule has 1 amide bonds. The summed E-state index contributed by atoms with van der Waals surface area (Å²) in [6.07, 6.45) is 3.42. The van der Waals surface area contributed by atoms with Crippen molar-refractivity contribution in [3.05, 3.63) is 46.4 Å². The molecule has 2 heterocycles. The Labute approximate surface area is 120 Å². The van der Waals surface area contributed by atoms with Crippen molar-refractivity contribution >= 4 is 28.9 Å². The number of hydrogen-bond acceptors (Lipinski definition) is 4. The van der Waals surface area contributed by atoms with E-state index in [4.69, 9.17) is 5.11 Å². The first-order valence-electron chi connectivity index (χ1n) is 6.17. The monoisotopic (exact) mass is 290 g/mol. The summed E-state index contributed by atoms with van der Waals surface area (Å²) in [6.45, 7) is 0. The van der Waals surface area contributed by atoms with E-state index in [1.807, 2.05) is 17.5 Å². The van der Waals surface area contributed by atoms with E-state index in [0.717, 1.165) is 12.8 Å². The molecule has 0 aliphatic rings. The zero-order valence-corrected chi connectivity index (χ0v) is 11.5. The van der Waals surface area contributed by atoms with Crippen LogP contribution in [0, 0.1) is 0 Å². The number of nitrogens with one attached hydrogen (secondary N) is 1. The van der Waals surface area contributed by atoms with Gasteiger partial charge in [0.1, 0.15) is 5.69 Å². The SMILES string of the molecule is O=C(CCCc1cccs1)Nc1ccnc(C(=O)O)c1. The molecule has 104 valence electrons. The van der Waals surface area contributed by atoms with Crippen LogP contribution in [0.4, 0.5) is 5.69 Å². The van der Waals surface area contributed by atoms with Crippen molar-refractivity contribution in [2.75, 3.05) is 5.32 Å². The third kappa shape index (κ3) is 4.17. The van der Waals surface area contributed by atoms with Crippen LogP contribution in [0.3, 0.4) is 0 Å². The highest BCUT2D eigenvalue weighted by Gasteiger charge is 2.07. The lowest BCUT2D eigenvalue weighted by atomic mass is 10.2. The van der Waals surface area contributed by atoms with Gasteiger partial charge in [0.25, 0.3) is 0 Å². The van der Waals surface area contributed by atoms with E-state index >= 15 is 0 Å². The molecule has 20 heavy (non-hydrogen) atoms. The average molecular weight is 290 g/mol. The number of carbonyl (C=O) groups excluding carboxylic acids is 1. The van der Waals surface area contributed by atoms with Gasteiger partial charge >= 0.3 is 5.97 Å². The predicted molar refractivity (Wildman–Crippen MR) is 77.1 cm³/mol. The highest BCUT2D eigenvalue weighted by Crippen LogP contribution is 2.13. The molecule has 0 spiro atoms. The molecule has 0 aliphatic carbocycles. The minimum absolute atomic E-state index is 0.0821. The van der Waals surface area contributed by atoms with Gasteiger partial charge in [-0.05, 0) is 36.4 Å². The van der Waals surface area contributed by atoms with E-state index in [-0.39, 0.29) is 11.6 Å². The fraction of sp³-hybridized carbons (Fsp3) is 0.214. The molecule has 0 aliphatic heterocycles. The minimum Gasteiger partial charge on any atom is -0.477 e. The fourth-order valence-corrected chi connectivity index (χ4v) is 2.48. The number of aromatic nitrogens is 1. The molecule has 0 atom stereocenters. The van der Waals surface area contributed by atoms with Gasteiger partial charge < -0.3 is 10.4 Å². The van der Waals surface area contributed by atoms with Gasteiger partial charge in [-0.2, -0.15) is 0 Å². The van der Waals surface area contributed by atoms with Crippen molar-refractivity contribution in [2.45, 2.75) is 19.3 Å². The molecule has 0 unspecified atom stereocenters. The van der Waals surface area contributed by atoms with E-state index in [9.17, 15) is 9.59 Å². The quantitative estimate of drug-likeness (QED) is 0.857. The minimum atomic E-state index is -1.11. The number of rotatable bonds is 6. The molecule has 2 N–H and O–H groups in total. The molecule has 0 radical (unpaired) electrons. The van der Waals surface area contributed by atoms with Crippen LogP contribution in [0.1, 0.15) is 28.2 Å². The largest absolute Gasteiger partial charge is 0.477 e. The molecule has 0 fully saturated rings. The zero-order valence-electron chi connectivity index (χ0n) is 10.7. The Kier molecular flexibility index (Phi) is 4.84. The average Bonchev–Trinajstić information content (AvgIpc) is 2.92. The highest BCUT2D eigenvalue weighted by atomic mass is 32.1. The number of amides is 1. The van der Waals surface area contributed by atoms with Crippen LogP contribution in [-0.4, -0.2) is 22.0 Å². The van der Waals surface area contributed by atoms with Gasteiger partial charge in [0.05, 0.1) is 0 Å². The second-order valence-electron chi connectivity index (χ2n) is 4.22. The maximum atomic E-state index is 11.7. The lowest BCUT2D eigenvalue weighted by Gasteiger charge is -2.05. The Balaban J connectivity index is 1.82. The first-order chi connectivity index (χ1) is 9.65. The van der Waals surface area contributed by atoms with Crippen LogP contribution in [0.25, 0.3) is 0 Å². The Morgan fingerprint density at radius 1 is 1.35 bits per heavy atom. The number of aromatic carboxylic acids is 1. The topological polar surface area (TPSA) is 79.3 Å². The van der Waals surface area contributed by atoms with Gasteiger partial charge in [-0.1, -0.05) is 6.07 Å². The number of nitrogens with zero attached hydrogens (tertiary/aromatic N) is 1. The van der Waals surface area contributed by atoms with Crippen LogP contribution in [0.5, 0.6) is 0 Å². The summed E-state index contributed by atoms with van der Waals surface area (Å²) in [7, 11) is 0. The molecule has 2 rings (SSSR count). The van der Waals surface area contributed by atoms with Crippen LogP contribution in [0.2, 0.25) is 0 Å². The molecule has 0 bridgehead atoms. The molecule has 2 aromatic rings. The molecule has 6 heteroatoms. The maximum absolute atomic E-state index is 11.7. The third-order valence-corrected chi connectivity index (χ3v) is 3.61. The standard InChI is InChI=1S/C14H14N2O3S/c17-13(5-1-3-11-4-2-8-20-11)16-10-6-7-15-12(9-10)14(18)19/h2,4,6-9H,1,3,5H2,(H,18,19)(H,15,16,17). The molecule has 5 nitrogen and oxygen atoms in total. The summed E-state index contributed by atoms with van der Waals surface area (Å²) < 4.78 is 0. The van der Waals surface area contributed by atoms with Crippen molar-refractivity contribution in [3.8, 4) is 0 Å². The van der Waals surface area contributed by atoms with Crippen molar-refractivity contribution in [1.29, 1.82) is 0 Å². The summed E-state index contributed by atoms with van der Waals surface area (Å²) in [5, 5.41) is 13.5. The number of carboxylic acids is 1. The van der Waals surface area contributed by atoms with E-state index < -0.39 is 5.97 Å². The molecule has 2 aromatic heterocycles. The number of carbonyl (C=O) groups is 2. The highest BCUT2D eigenvalue weighted by molar-refractivity contribution is 7.09. The molecule has 0 saturated heterocycles. The summed E-state index contributed by atoms with van der Waals surface area (Å²) in [5.41, 5.74) is 0.375. The second-order valence-corrected chi connectivity index (χ2v) is 5.25. The molecular weight excluding hydrogens is 276 g/mol. The maximum Gasteiger partial charge on any atom is 0.354 e. The lowest BCUT2D eigenvalue weighted by molar-refractivity contribution is -0.116. The van der Waals surface area contributed by atoms with E-state index in [2.05, 4.69) is 10.3 Å². The normalized spacial score (nSPS) is 10.2. The van der Waals surface area contributed by atoms with Gasteiger partial charge in [0, 0.05) is 23.2 Å². The van der Waals surface area contributed by atoms with Crippen molar-refractivity contribution in [1.82, 2.24) is 4.98 Å². The van der Waals surface area contributed by atoms with Crippen LogP contribution >= 0.6 is 11.3 Å². The molecule has 0 saturated carbocycles. The Bertz CT molecular complexity index is 596. The van der Waals surface area contributed by atoms with Crippen molar-refractivity contribution in [2.24, 2.45) is 0 Å². The Morgan fingerprint density at radius 3 is 2.90 bits per heavy atom. The number of aryl methyl sites for hydroxylation is 1. The molecular formula is C14H14N2O3S. The number of hydrogen-bond donors (Lipinski definition) is 2. The number of thiophene rings is 1. The first-order valence-corrected chi connectivity index (χ1v) is 7.04. The van der Waals surface area contributed by atoms with E-state index in [1.54, 1.807) is 17.4 Å². The van der Waals surface area contributed by atoms with E-state index in [0.29, 0.717) is 12.1 Å². The van der Waals surface area contributed by atoms with Gasteiger partial charge in [0.2, 0.25) is 5.91 Å². The van der Waals surface area contributed by atoms with Crippen LogP contribution < -0.4 is 5.32 Å². The molecule has 0 aromatic carbocycles. The van der Waals surface area contributed by atoms with E-state index in [1.165, 1.54) is 17.1 Å². The predicted octanol–water partition coefficient (Wildman–Crippen LogP) is 2.80. The number of anilines is 1. The Morgan fingerprint density at radius 2 is 2.20 bits per heavy atom. The summed E-state index contributed by atoms with van der Waals surface area (Å²) in [6, 6.07) is 6.96. The number of pyridine rings is 1. The summed E-state index contributed by atoms with van der Waals surface area (Å²) in [4.78, 5) is 27.5.